The third kappa shape index (κ3) is 2.36. The van der Waals surface area contributed by atoms with Crippen molar-refractivity contribution >= 4 is 0 Å². The zero-order valence-corrected chi connectivity index (χ0v) is 9.65. The first-order valence-electron chi connectivity index (χ1n) is 5.90. The molecule has 3 heteroatoms. The van der Waals surface area contributed by atoms with E-state index in [0.29, 0.717) is 6.61 Å². The van der Waals surface area contributed by atoms with Gasteiger partial charge in [0.15, 0.2) is 0 Å². The summed E-state index contributed by atoms with van der Waals surface area (Å²) >= 11 is 0. The zero-order chi connectivity index (χ0) is 11.5. The molecule has 1 aliphatic carbocycles. The number of aryl methyl sites for hydroxylation is 1. The topological polar surface area (TPSA) is 55.5 Å². The second-order valence-corrected chi connectivity index (χ2v) is 4.38. The Morgan fingerprint density at radius 1 is 1.56 bits per heavy atom. The molecule has 0 radical (unpaired) electrons. The highest BCUT2D eigenvalue weighted by Crippen LogP contribution is 2.31. The van der Waals surface area contributed by atoms with Gasteiger partial charge in [-0.15, -0.1) is 0 Å². The van der Waals surface area contributed by atoms with E-state index < -0.39 is 0 Å². The number of fused-ring (bicyclic) bond motifs is 1. The Morgan fingerprint density at radius 3 is 3.12 bits per heavy atom. The number of hydrogen-bond acceptors (Lipinski definition) is 3. The minimum Gasteiger partial charge on any atom is -0.491 e. The van der Waals surface area contributed by atoms with Crippen LogP contribution in [0.2, 0.25) is 0 Å². The van der Waals surface area contributed by atoms with E-state index in [-0.39, 0.29) is 12.1 Å². The second-order valence-electron chi connectivity index (χ2n) is 4.38. The van der Waals surface area contributed by atoms with E-state index in [4.69, 9.17) is 10.5 Å². The van der Waals surface area contributed by atoms with Gasteiger partial charge in [0.2, 0.25) is 0 Å². The van der Waals surface area contributed by atoms with Crippen LogP contribution in [0.4, 0.5) is 0 Å². The van der Waals surface area contributed by atoms with Crippen molar-refractivity contribution in [1.82, 2.24) is 0 Å². The van der Waals surface area contributed by atoms with Gasteiger partial charge >= 0.3 is 0 Å². The van der Waals surface area contributed by atoms with Crippen LogP contribution in [0, 0.1) is 0 Å². The van der Waals surface area contributed by atoms with Crippen molar-refractivity contribution in [2.45, 2.75) is 38.3 Å². The van der Waals surface area contributed by atoms with Crippen LogP contribution in [0.15, 0.2) is 18.2 Å². The first-order chi connectivity index (χ1) is 7.70. The van der Waals surface area contributed by atoms with Gasteiger partial charge in [-0.25, -0.2) is 0 Å². The van der Waals surface area contributed by atoms with Gasteiger partial charge in [-0.3, -0.25) is 0 Å². The van der Waals surface area contributed by atoms with Gasteiger partial charge in [0, 0.05) is 6.04 Å². The predicted molar refractivity (Wildman–Crippen MR) is 63.5 cm³/mol. The van der Waals surface area contributed by atoms with Crippen molar-refractivity contribution in [3.63, 3.8) is 0 Å². The maximum absolute atomic E-state index is 9.41. The van der Waals surface area contributed by atoms with Crippen molar-refractivity contribution in [2.24, 2.45) is 5.73 Å². The molecule has 1 unspecified atom stereocenters. The number of rotatable bonds is 4. The Morgan fingerprint density at radius 2 is 2.38 bits per heavy atom. The first kappa shape index (κ1) is 11.4. The van der Waals surface area contributed by atoms with Crippen LogP contribution in [-0.4, -0.2) is 17.8 Å². The number of ether oxygens (including phenoxy) is 1. The van der Waals surface area contributed by atoms with Gasteiger partial charge in [-0.2, -0.15) is 0 Å². The van der Waals surface area contributed by atoms with Crippen LogP contribution in [0.25, 0.3) is 0 Å². The lowest BCUT2D eigenvalue weighted by Gasteiger charge is -2.12. The summed E-state index contributed by atoms with van der Waals surface area (Å²) in [4.78, 5) is 0. The van der Waals surface area contributed by atoms with Crippen molar-refractivity contribution < 1.29 is 9.84 Å². The SMILES string of the molecule is CCC(O)COc1ccc2c(c1)CC[C@@H]2N. The molecular formula is C13H19NO2. The highest BCUT2D eigenvalue weighted by atomic mass is 16.5. The van der Waals surface area contributed by atoms with Crippen LogP contribution in [0.1, 0.15) is 36.9 Å². The number of aliphatic hydroxyl groups is 1. The van der Waals surface area contributed by atoms with Crippen LogP contribution >= 0.6 is 0 Å². The van der Waals surface area contributed by atoms with Crippen LogP contribution in [0.3, 0.4) is 0 Å². The molecule has 1 aromatic rings. The molecule has 0 aromatic heterocycles. The highest BCUT2D eigenvalue weighted by Gasteiger charge is 2.19. The lowest BCUT2D eigenvalue weighted by molar-refractivity contribution is 0.104. The molecular weight excluding hydrogens is 202 g/mol. The molecule has 0 aliphatic heterocycles. The summed E-state index contributed by atoms with van der Waals surface area (Å²) in [5.41, 5.74) is 8.49. The van der Waals surface area contributed by atoms with E-state index in [1.165, 1.54) is 11.1 Å². The maximum Gasteiger partial charge on any atom is 0.119 e. The lowest BCUT2D eigenvalue weighted by Crippen LogP contribution is -2.16. The lowest BCUT2D eigenvalue weighted by atomic mass is 10.1. The molecule has 0 bridgehead atoms. The Kier molecular flexibility index (Phi) is 3.46. The summed E-state index contributed by atoms with van der Waals surface area (Å²) in [6.07, 6.45) is 2.39. The molecule has 3 nitrogen and oxygen atoms in total. The van der Waals surface area contributed by atoms with Gasteiger partial charge in [0.1, 0.15) is 12.4 Å². The molecule has 2 atom stereocenters. The number of aliphatic hydroxyl groups excluding tert-OH is 1. The summed E-state index contributed by atoms with van der Waals surface area (Å²) in [5.74, 6) is 0.834. The molecule has 2 rings (SSSR count). The molecule has 0 saturated heterocycles. The van der Waals surface area contributed by atoms with Crippen LogP contribution < -0.4 is 10.5 Å². The van der Waals surface area contributed by atoms with E-state index in [9.17, 15) is 5.11 Å². The third-order valence-corrected chi connectivity index (χ3v) is 3.15. The second kappa shape index (κ2) is 4.85. The quantitative estimate of drug-likeness (QED) is 0.815. The Hall–Kier alpha value is -1.06. The number of benzene rings is 1. The average Bonchev–Trinajstić information content (AvgIpc) is 2.67. The van der Waals surface area contributed by atoms with E-state index in [2.05, 4.69) is 0 Å². The summed E-state index contributed by atoms with van der Waals surface area (Å²) in [6, 6.07) is 6.21. The highest BCUT2D eigenvalue weighted by molar-refractivity contribution is 5.40. The molecule has 3 N–H and O–H groups in total. The van der Waals surface area contributed by atoms with Crippen molar-refractivity contribution in [1.29, 1.82) is 0 Å². The predicted octanol–water partition coefficient (Wildman–Crippen LogP) is 1.78. The fraction of sp³-hybridized carbons (Fsp3) is 0.538. The molecule has 0 spiro atoms. The summed E-state index contributed by atoms with van der Waals surface area (Å²) in [5, 5.41) is 9.41. The standard InChI is InChI=1S/C13H19NO2/c1-2-10(15)8-16-11-4-5-12-9(7-11)3-6-13(12)14/h4-5,7,10,13,15H,2-3,6,8,14H2,1H3/t10?,13-/m0/s1. The summed E-state index contributed by atoms with van der Waals surface area (Å²) in [7, 11) is 0. The third-order valence-electron chi connectivity index (χ3n) is 3.15. The Bertz CT molecular complexity index is 365. The van der Waals surface area contributed by atoms with Gasteiger partial charge < -0.3 is 15.6 Å². The maximum atomic E-state index is 9.41. The van der Waals surface area contributed by atoms with Crippen LogP contribution in [0.5, 0.6) is 5.75 Å². The largest absolute Gasteiger partial charge is 0.491 e. The van der Waals surface area contributed by atoms with E-state index in [1.807, 2.05) is 25.1 Å². The smallest absolute Gasteiger partial charge is 0.119 e. The Labute approximate surface area is 96.2 Å². The van der Waals surface area contributed by atoms with Crippen molar-refractivity contribution in [2.75, 3.05) is 6.61 Å². The molecule has 0 fully saturated rings. The molecule has 0 saturated carbocycles. The van der Waals surface area contributed by atoms with E-state index >= 15 is 0 Å². The summed E-state index contributed by atoms with van der Waals surface area (Å²) in [6.45, 7) is 2.30. The molecule has 16 heavy (non-hydrogen) atoms. The van der Waals surface area contributed by atoms with Gasteiger partial charge in [-0.1, -0.05) is 13.0 Å². The number of hydrogen-bond donors (Lipinski definition) is 2. The minimum absolute atomic E-state index is 0.185. The molecule has 88 valence electrons. The minimum atomic E-state index is -0.379. The van der Waals surface area contributed by atoms with Crippen molar-refractivity contribution in [3.05, 3.63) is 29.3 Å². The normalized spacial score (nSPS) is 20.6. The Balaban J connectivity index is 2.02. The fourth-order valence-corrected chi connectivity index (χ4v) is 2.03. The van der Waals surface area contributed by atoms with E-state index in [1.54, 1.807) is 0 Å². The van der Waals surface area contributed by atoms with Gasteiger partial charge in [0.05, 0.1) is 6.10 Å². The first-order valence-corrected chi connectivity index (χ1v) is 5.90. The van der Waals surface area contributed by atoms with E-state index in [0.717, 1.165) is 25.0 Å². The summed E-state index contributed by atoms with van der Waals surface area (Å²) < 4.78 is 5.53. The number of nitrogens with two attached hydrogens (primary N) is 1. The van der Waals surface area contributed by atoms with Crippen molar-refractivity contribution in [3.8, 4) is 5.75 Å². The molecule has 1 aliphatic rings. The molecule has 1 aromatic carbocycles. The molecule has 0 heterocycles. The molecule has 0 amide bonds. The van der Waals surface area contributed by atoms with Crippen LogP contribution in [-0.2, 0) is 6.42 Å². The zero-order valence-electron chi connectivity index (χ0n) is 9.65. The monoisotopic (exact) mass is 221 g/mol. The average molecular weight is 221 g/mol. The van der Waals surface area contributed by atoms with Gasteiger partial charge in [0.25, 0.3) is 0 Å². The fourth-order valence-electron chi connectivity index (χ4n) is 2.03. The van der Waals surface area contributed by atoms with Gasteiger partial charge in [-0.05, 0) is 42.5 Å².